The Balaban J connectivity index is 1.76. The number of anilines is 1. The lowest BCUT2D eigenvalue weighted by molar-refractivity contribution is -0.118. The van der Waals surface area contributed by atoms with Gasteiger partial charge in [0.25, 0.3) is 0 Å². The Morgan fingerprint density at radius 1 is 1.32 bits per heavy atom. The van der Waals surface area contributed by atoms with Gasteiger partial charge in [0, 0.05) is 5.39 Å². The molecule has 5 nitrogen and oxygen atoms in total. The van der Waals surface area contributed by atoms with Crippen molar-refractivity contribution in [2.45, 2.75) is 31.7 Å². The van der Waals surface area contributed by atoms with Gasteiger partial charge in [-0.05, 0) is 31.5 Å². The molecule has 3 N–H and O–H groups in total. The molecular weight excluding hydrogens is 240 g/mol. The molecular formula is C14H18N4O. The van der Waals surface area contributed by atoms with E-state index < -0.39 is 0 Å². The summed E-state index contributed by atoms with van der Waals surface area (Å²) >= 11 is 0. The number of amides is 1. The fourth-order valence-corrected chi connectivity index (χ4v) is 2.55. The molecule has 0 aliphatic carbocycles. The van der Waals surface area contributed by atoms with Crippen LogP contribution in [0.25, 0.3) is 10.9 Å². The van der Waals surface area contributed by atoms with Gasteiger partial charge in [0.05, 0.1) is 23.4 Å². The van der Waals surface area contributed by atoms with Crippen molar-refractivity contribution in [2.24, 2.45) is 0 Å². The van der Waals surface area contributed by atoms with E-state index in [9.17, 15) is 4.79 Å². The number of hydrogen-bond donors (Lipinski definition) is 3. The van der Waals surface area contributed by atoms with Gasteiger partial charge in [-0.25, -0.2) is 0 Å². The molecule has 1 saturated heterocycles. The van der Waals surface area contributed by atoms with Crippen LogP contribution < -0.4 is 10.6 Å². The molecule has 3 rings (SSSR count). The minimum atomic E-state index is -0.0790. The van der Waals surface area contributed by atoms with E-state index in [2.05, 4.69) is 20.8 Å². The van der Waals surface area contributed by atoms with Crippen LogP contribution in [0.4, 0.5) is 5.69 Å². The van der Waals surface area contributed by atoms with Gasteiger partial charge >= 0.3 is 0 Å². The highest BCUT2D eigenvalue weighted by atomic mass is 16.2. The number of hydrogen-bond acceptors (Lipinski definition) is 3. The Morgan fingerprint density at radius 3 is 3.21 bits per heavy atom. The molecule has 19 heavy (non-hydrogen) atoms. The summed E-state index contributed by atoms with van der Waals surface area (Å²) in [6.07, 6.45) is 6.12. The second-order valence-electron chi connectivity index (χ2n) is 4.98. The van der Waals surface area contributed by atoms with Gasteiger partial charge in [0.1, 0.15) is 0 Å². The zero-order valence-corrected chi connectivity index (χ0v) is 10.8. The van der Waals surface area contributed by atoms with E-state index in [1.807, 2.05) is 18.2 Å². The van der Waals surface area contributed by atoms with Crippen LogP contribution in [-0.2, 0) is 4.79 Å². The number of nitrogens with zero attached hydrogens (tertiary/aromatic N) is 1. The Morgan fingerprint density at radius 2 is 2.26 bits per heavy atom. The first-order valence-corrected chi connectivity index (χ1v) is 6.81. The second kappa shape index (κ2) is 5.40. The predicted molar refractivity (Wildman–Crippen MR) is 75.0 cm³/mol. The largest absolute Gasteiger partial charge is 0.324 e. The fraction of sp³-hybridized carbons (Fsp3) is 0.429. The zero-order valence-electron chi connectivity index (χ0n) is 10.8. The maximum atomic E-state index is 12.3. The van der Waals surface area contributed by atoms with Gasteiger partial charge < -0.3 is 10.6 Å². The van der Waals surface area contributed by atoms with Gasteiger partial charge in [-0.2, -0.15) is 5.10 Å². The van der Waals surface area contributed by atoms with E-state index in [4.69, 9.17) is 0 Å². The molecule has 1 aliphatic rings. The summed E-state index contributed by atoms with van der Waals surface area (Å²) < 4.78 is 0. The molecule has 1 fully saturated rings. The molecule has 1 atom stereocenters. The van der Waals surface area contributed by atoms with Gasteiger partial charge in [-0.15, -0.1) is 0 Å². The number of H-pyrrole nitrogens is 1. The van der Waals surface area contributed by atoms with Crippen LogP contribution in [0, 0.1) is 0 Å². The number of aromatic nitrogens is 2. The molecule has 2 aromatic rings. The lowest BCUT2D eigenvalue weighted by Gasteiger charge is -2.15. The zero-order chi connectivity index (χ0) is 13.1. The standard InChI is InChI=1S/C14H18N4O/c19-14(13-5-2-1-3-8-15-13)17-11-6-4-7-12-10(11)9-16-18-12/h4,6-7,9,13,15H,1-3,5,8H2,(H,16,18)(H,17,19). The molecule has 1 amide bonds. The summed E-state index contributed by atoms with van der Waals surface area (Å²) in [5.41, 5.74) is 1.76. The van der Waals surface area contributed by atoms with E-state index in [1.54, 1.807) is 6.20 Å². The van der Waals surface area contributed by atoms with Crippen LogP contribution in [0.15, 0.2) is 24.4 Å². The highest BCUT2D eigenvalue weighted by Gasteiger charge is 2.20. The van der Waals surface area contributed by atoms with Crippen molar-refractivity contribution in [3.63, 3.8) is 0 Å². The molecule has 5 heteroatoms. The number of fused-ring (bicyclic) bond motifs is 1. The molecule has 0 bridgehead atoms. The molecule has 1 aromatic heterocycles. The van der Waals surface area contributed by atoms with Crippen LogP contribution in [0.5, 0.6) is 0 Å². The molecule has 100 valence electrons. The molecule has 0 spiro atoms. The van der Waals surface area contributed by atoms with Crippen molar-refractivity contribution in [2.75, 3.05) is 11.9 Å². The van der Waals surface area contributed by atoms with Crippen molar-refractivity contribution >= 4 is 22.5 Å². The number of rotatable bonds is 2. The topological polar surface area (TPSA) is 69.8 Å². The molecule has 0 radical (unpaired) electrons. The highest BCUT2D eigenvalue weighted by Crippen LogP contribution is 2.21. The van der Waals surface area contributed by atoms with Crippen LogP contribution >= 0.6 is 0 Å². The van der Waals surface area contributed by atoms with Crippen molar-refractivity contribution in [1.29, 1.82) is 0 Å². The summed E-state index contributed by atoms with van der Waals surface area (Å²) in [5, 5.41) is 14.2. The Bertz CT molecular complexity index is 570. The summed E-state index contributed by atoms with van der Waals surface area (Å²) in [7, 11) is 0. The third-order valence-corrected chi connectivity index (χ3v) is 3.62. The second-order valence-corrected chi connectivity index (χ2v) is 4.98. The van der Waals surface area contributed by atoms with E-state index >= 15 is 0 Å². The van der Waals surface area contributed by atoms with E-state index in [-0.39, 0.29) is 11.9 Å². The van der Waals surface area contributed by atoms with Crippen molar-refractivity contribution in [1.82, 2.24) is 15.5 Å². The number of aromatic amines is 1. The van der Waals surface area contributed by atoms with E-state index in [1.165, 1.54) is 6.42 Å². The Hall–Kier alpha value is -1.88. The van der Waals surface area contributed by atoms with Crippen LogP contribution in [-0.4, -0.2) is 28.7 Å². The van der Waals surface area contributed by atoms with Gasteiger partial charge in [0.15, 0.2) is 0 Å². The smallest absolute Gasteiger partial charge is 0.241 e. The predicted octanol–water partition coefficient (Wildman–Crippen LogP) is 2.03. The van der Waals surface area contributed by atoms with Crippen molar-refractivity contribution in [3.8, 4) is 0 Å². The lowest BCUT2D eigenvalue weighted by Crippen LogP contribution is -2.39. The van der Waals surface area contributed by atoms with E-state index in [0.29, 0.717) is 0 Å². The molecule has 1 unspecified atom stereocenters. The van der Waals surface area contributed by atoms with Gasteiger partial charge in [-0.3, -0.25) is 9.89 Å². The summed E-state index contributed by atoms with van der Waals surface area (Å²) in [5.74, 6) is 0.0515. The van der Waals surface area contributed by atoms with Crippen LogP contribution in [0.3, 0.4) is 0 Å². The van der Waals surface area contributed by atoms with Gasteiger partial charge in [-0.1, -0.05) is 18.9 Å². The van der Waals surface area contributed by atoms with Crippen LogP contribution in [0.1, 0.15) is 25.7 Å². The van der Waals surface area contributed by atoms with Crippen molar-refractivity contribution in [3.05, 3.63) is 24.4 Å². The van der Waals surface area contributed by atoms with E-state index in [0.717, 1.165) is 42.4 Å². The summed E-state index contributed by atoms with van der Waals surface area (Å²) in [6, 6.07) is 5.69. The number of carbonyl (C=O) groups is 1. The molecule has 1 aliphatic heterocycles. The number of carbonyl (C=O) groups excluding carboxylic acids is 1. The summed E-state index contributed by atoms with van der Waals surface area (Å²) in [4.78, 5) is 12.3. The summed E-state index contributed by atoms with van der Waals surface area (Å²) in [6.45, 7) is 0.925. The third kappa shape index (κ3) is 2.61. The minimum absolute atomic E-state index is 0.0515. The third-order valence-electron chi connectivity index (χ3n) is 3.62. The molecule has 1 aromatic carbocycles. The lowest BCUT2D eigenvalue weighted by atomic mass is 10.1. The quantitative estimate of drug-likeness (QED) is 0.772. The SMILES string of the molecule is O=C(Nc1cccc2[nH]ncc12)C1CCCCCN1. The fourth-order valence-electron chi connectivity index (χ4n) is 2.55. The van der Waals surface area contributed by atoms with Gasteiger partial charge in [0.2, 0.25) is 5.91 Å². The molecule has 0 saturated carbocycles. The maximum Gasteiger partial charge on any atom is 0.241 e. The number of nitrogens with one attached hydrogen (secondary N) is 3. The first-order chi connectivity index (χ1) is 9.34. The Labute approximate surface area is 111 Å². The maximum absolute atomic E-state index is 12.3. The Kier molecular flexibility index (Phi) is 3.46. The highest BCUT2D eigenvalue weighted by molar-refractivity contribution is 6.02. The molecule has 2 heterocycles. The minimum Gasteiger partial charge on any atom is -0.324 e. The average molecular weight is 258 g/mol. The number of benzene rings is 1. The van der Waals surface area contributed by atoms with Crippen molar-refractivity contribution < 1.29 is 4.79 Å². The average Bonchev–Trinajstić information content (AvgIpc) is 2.73. The monoisotopic (exact) mass is 258 g/mol. The van der Waals surface area contributed by atoms with Crippen LogP contribution in [0.2, 0.25) is 0 Å². The first kappa shape index (κ1) is 12.2. The normalized spacial score (nSPS) is 20.1. The first-order valence-electron chi connectivity index (χ1n) is 6.81.